The number of hydrogen-bond donors (Lipinski definition) is 1. The molecule has 0 fully saturated rings. The van der Waals surface area contributed by atoms with Crippen LogP contribution in [0.5, 0.6) is 5.75 Å². The van der Waals surface area contributed by atoms with E-state index in [0.717, 1.165) is 12.1 Å². The molecule has 0 aliphatic rings. The number of methoxy groups -OCH3 is 1. The SMILES string of the molecule is COCCC(C)Nc1ccc(OCC(F)(F)F)cc1. The maximum Gasteiger partial charge on any atom is 0.422 e. The van der Waals surface area contributed by atoms with Gasteiger partial charge in [-0.3, -0.25) is 0 Å². The summed E-state index contributed by atoms with van der Waals surface area (Å²) in [4.78, 5) is 0. The van der Waals surface area contributed by atoms with Crippen molar-refractivity contribution in [3.63, 3.8) is 0 Å². The lowest BCUT2D eigenvalue weighted by molar-refractivity contribution is -0.153. The highest BCUT2D eigenvalue weighted by atomic mass is 19.4. The number of nitrogens with one attached hydrogen (secondary N) is 1. The molecule has 0 aromatic heterocycles. The summed E-state index contributed by atoms with van der Waals surface area (Å²) in [6, 6.07) is 6.63. The molecule has 0 saturated heterocycles. The normalized spacial score (nSPS) is 13.1. The summed E-state index contributed by atoms with van der Waals surface area (Å²) in [6.45, 7) is 1.39. The smallest absolute Gasteiger partial charge is 0.422 e. The number of rotatable bonds is 7. The summed E-state index contributed by atoms with van der Waals surface area (Å²) in [5, 5.41) is 3.22. The van der Waals surface area contributed by atoms with Crippen LogP contribution < -0.4 is 10.1 Å². The molecule has 1 atom stereocenters. The van der Waals surface area contributed by atoms with Gasteiger partial charge in [0.25, 0.3) is 0 Å². The Bertz CT molecular complexity index is 365. The third-order valence-electron chi connectivity index (χ3n) is 2.42. The first-order chi connectivity index (χ1) is 8.90. The number of benzene rings is 1. The van der Waals surface area contributed by atoms with E-state index in [-0.39, 0.29) is 11.8 Å². The first-order valence-corrected chi connectivity index (χ1v) is 5.96. The number of ether oxygens (including phenoxy) is 2. The minimum Gasteiger partial charge on any atom is -0.484 e. The zero-order valence-electron chi connectivity index (χ0n) is 11.0. The molecule has 19 heavy (non-hydrogen) atoms. The fraction of sp³-hybridized carbons (Fsp3) is 0.538. The van der Waals surface area contributed by atoms with E-state index in [2.05, 4.69) is 10.1 Å². The van der Waals surface area contributed by atoms with Crippen molar-refractivity contribution < 1.29 is 22.6 Å². The van der Waals surface area contributed by atoms with Crippen molar-refractivity contribution >= 4 is 5.69 Å². The predicted octanol–water partition coefficient (Wildman–Crippen LogP) is 3.46. The van der Waals surface area contributed by atoms with Crippen molar-refractivity contribution in [2.45, 2.75) is 25.6 Å². The minimum atomic E-state index is -4.31. The van der Waals surface area contributed by atoms with Crippen molar-refractivity contribution in [2.75, 3.05) is 25.6 Å². The monoisotopic (exact) mass is 277 g/mol. The van der Waals surface area contributed by atoms with Crippen molar-refractivity contribution in [1.29, 1.82) is 0 Å². The second-order valence-electron chi connectivity index (χ2n) is 4.26. The van der Waals surface area contributed by atoms with Crippen LogP contribution in [0.25, 0.3) is 0 Å². The van der Waals surface area contributed by atoms with Crippen LogP contribution >= 0.6 is 0 Å². The first kappa shape index (κ1) is 15.6. The third-order valence-corrected chi connectivity index (χ3v) is 2.42. The molecule has 1 rings (SSSR count). The lowest BCUT2D eigenvalue weighted by Gasteiger charge is -2.15. The van der Waals surface area contributed by atoms with E-state index in [0.29, 0.717) is 6.61 Å². The van der Waals surface area contributed by atoms with Gasteiger partial charge in [-0.05, 0) is 37.6 Å². The van der Waals surface area contributed by atoms with E-state index in [9.17, 15) is 13.2 Å². The van der Waals surface area contributed by atoms with Gasteiger partial charge in [0.15, 0.2) is 6.61 Å². The van der Waals surface area contributed by atoms with Gasteiger partial charge in [0.2, 0.25) is 0 Å². The third kappa shape index (κ3) is 6.91. The van der Waals surface area contributed by atoms with Gasteiger partial charge < -0.3 is 14.8 Å². The van der Waals surface area contributed by atoms with Gasteiger partial charge in [0.05, 0.1) is 0 Å². The van der Waals surface area contributed by atoms with Gasteiger partial charge in [-0.25, -0.2) is 0 Å². The molecule has 0 heterocycles. The summed E-state index contributed by atoms with van der Waals surface area (Å²) >= 11 is 0. The maximum absolute atomic E-state index is 12.0. The van der Waals surface area contributed by atoms with Crippen molar-refractivity contribution in [2.24, 2.45) is 0 Å². The Morgan fingerprint density at radius 3 is 2.37 bits per heavy atom. The van der Waals surface area contributed by atoms with Crippen molar-refractivity contribution in [3.8, 4) is 5.75 Å². The van der Waals surface area contributed by atoms with Gasteiger partial charge in [0.1, 0.15) is 5.75 Å². The maximum atomic E-state index is 12.0. The molecular weight excluding hydrogens is 259 g/mol. The molecule has 0 aliphatic heterocycles. The van der Waals surface area contributed by atoms with Crippen LogP contribution in [0, 0.1) is 0 Å². The number of halogens is 3. The van der Waals surface area contributed by atoms with Crippen molar-refractivity contribution in [1.82, 2.24) is 0 Å². The molecule has 108 valence electrons. The average molecular weight is 277 g/mol. The van der Waals surface area contributed by atoms with E-state index >= 15 is 0 Å². The second-order valence-corrected chi connectivity index (χ2v) is 4.26. The molecule has 6 heteroatoms. The van der Waals surface area contributed by atoms with Crippen LogP contribution in [-0.2, 0) is 4.74 Å². The van der Waals surface area contributed by atoms with Crippen LogP contribution in [0.15, 0.2) is 24.3 Å². The highest BCUT2D eigenvalue weighted by molar-refractivity contribution is 5.46. The Morgan fingerprint density at radius 2 is 1.84 bits per heavy atom. The predicted molar refractivity (Wildman–Crippen MR) is 67.6 cm³/mol. The molecule has 1 unspecified atom stereocenters. The molecule has 0 radical (unpaired) electrons. The summed E-state index contributed by atoms with van der Waals surface area (Å²) in [7, 11) is 1.64. The fourth-order valence-corrected chi connectivity index (χ4v) is 1.46. The Kier molecular flexibility index (Phi) is 5.95. The quantitative estimate of drug-likeness (QED) is 0.828. The molecular formula is C13H18F3NO2. The highest BCUT2D eigenvalue weighted by Gasteiger charge is 2.28. The summed E-state index contributed by atoms with van der Waals surface area (Å²) < 4.78 is 45.5. The van der Waals surface area contributed by atoms with Crippen LogP contribution in [0.4, 0.5) is 18.9 Å². The van der Waals surface area contributed by atoms with Crippen LogP contribution in [0.1, 0.15) is 13.3 Å². The molecule has 0 amide bonds. The molecule has 0 aliphatic carbocycles. The van der Waals surface area contributed by atoms with Gasteiger partial charge in [-0.15, -0.1) is 0 Å². The molecule has 3 nitrogen and oxygen atoms in total. The Hall–Kier alpha value is -1.43. The number of alkyl halides is 3. The van der Waals surface area contributed by atoms with E-state index in [1.807, 2.05) is 6.92 Å². The van der Waals surface area contributed by atoms with Gasteiger partial charge in [-0.1, -0.05) is 0 Å². The summed E-state index contributed by atoms with van der Waals surface area (Å²) in [6.07, 6.45) is -3.46. The molecule has 1 aromatic rings. The molecule has 0 spiro atoms. The molecule has 0 saturated carbocycles. The summed E-state index contributed by atoms with van der Waals surface area (Å²) in [5.41, 5.74) is 0.836. The van der Waals surface area contributed by atoms with Crippen LogP contribution in [0.3, 0.4) is 0 Å². The Labute approximate surface area is 110 Å². The Morgan fingerprint density at radius 1 is 1.21 bits per heavy atom. The van der Waals surface area contributed by atoms with Gasteiger partial charge >= 0.3 is 6.18 Å². The lowest BCUT2D eigenvalue weighted by atomic mass is 10.2. The van der Waals surface area contributed by atoms with Gasteiger partial charge in [0, 0.05) is 25.4 Å². The number of hydrogen-bond acceptors (Lipinski definition) is 3. The standard InChI is InChI=1S/C13H18F3NO2/c1-10(7-8-18-2)17-11-3-5-12(6-4-11)19-9-13(14,15)16/h3-6,10,17H,7-9H2,1-2H3. The fourth-order valence-electron chi connectivity index (χ4n) is 1.46. The van der Waals surface area contributed by atoms with E-state index < -0.39 is 12.8 Å². The molecule has 1 N–H and O–H groups in total. The highest BCUT2D eigenvalue weighted by Crippen LogP contribution is 2.20. The molecule has 1 aromatic carbocycles. The number of anilines is 1. The Balaban J connectivity index is 2.43. The zero-order valence-corrected chi connectivity index (χ0v) is 11.0. The van der Waals surface area contributed by atoms with E-state index in [4.69, 9.17) is 4.74 Å². The largest absolute Gasteiger partial charge is 0.484 e. The first-order valence-electron chi connectivity index (χ1n) is 5.96. The molecule has 0 bridgehead atoms. The van der Waals surface area contributed by atoms with E-state index in [1.165, 1.54) is 12.1 Å². The minimum absolute atomic E-state index is 0.201. The average Bonchev–Trinajstić information content (AvgIpc) is 2.34. The second kappa shape index (κ2) is 7.23. The summed E-state index contributed by atoms with van der Waals surface area (Å²) in [5.74, 6) is 0.201. The zero-order chi connectivity index (χ0) is 14.3. The van der Waals surface area contributed by atoms with Crippen LogP contribution in [-0.4, -0.2) is 32.5 Å². The van der Waals surface area contributed by atoms with Crippen molar-refractivity contribution in [3.05, 3.63) is 24.3 Å². The van der Waals surface area contributed by atoms with Crippen LogP contribution in [0.2, 0.25) is 0 Å². The van der Waals surface area contributed by atoms with E-state index in [1.54, 1.807) is 19.2 Å². The lowest BCUT2D eigenvalue weighted by Crippen LogP contribution is -2.19. The van der Waals surface area contributed by atoms with Gasteiger partial charge in [-0.2, -0.15) is 13.2 Å². The topological polar surface area (TPSA) is 30.5 Å².